The van der Waals surface area contributed by atoms with Crippen molar-refractivity contribution in [2.45, 2.75) is 13.3 Å². The molecule has 0 aromatic heterocycles. The summed E-state index contributed by atoms with van der Waals surface area (Å²) in [6, 6.07) is 0. The summed E-state index contributed by atoms with van der Waals surface area (Å²) in [7, 11) is 2.13. The van der Waals surface area contributed by atoms with E-state index in [9.17, 15) is 0 Å². The van der Waals surface area contributed by atoms with Crippen LogP contribution in [0.5, 0.6) is 0 Å². The first-order valence-electron chi connectivity index (χ1n) is 4.90. The van der Waals surface area contributed by atoms with Crippen molar-refractivity contribution >= 4 is 11.8 Å². The third kappa shape index (κ3) is 6.98. The minimum absolute atomic E-state index is 1.01. The van der Waals surface area contributed by atoms with Gasteiger partial charge in [-0.25, -0.2) is 0 Å². The van der Waals surface area contributed by atoms with Crippen LogP contribution in [0.4, 0.5) is 0 Å². The zero-order valence-corrected chi connectivity index (χ0v) is 10.3. The van der Waals surface area contributed by atoms with Crippen molar-refractivity contribution in [2.75, 3.05) is 26.4 Å². The number of likely N-dealkylation sites (N-methyl/N-ethyl adjacent to an activating group) is 1. The summed E-state index contributed by atoms with van der Waals surface area (Å²) in [6.07, 6.45) is 11.6. The third-order valence-corrected chi connectivity index (χ3v) is 2.78. The summed E-state index contributed by atoms with van der Waals surface area (Å²) in [4.78, 5) is 3.60. The van der Waals surface area contributed by atoms with Gasteiger partial charge < -0.3 is 4.90 Å². The van der Waals surface area contributed by atoms with Gasteiger partial charge in [0, 0.05) is 18.0 Å². The molecular formula is C12H21NS. The fourth-order valence-corrected chi connectivity index (χ4v) is 1.50. The summed E-state index contributed by atoms with van der Waals surface area (Å²) in [5, 5.41) is 0. The van der Waals surface area contributed by atoms with E-state index < -0.39 is 0 Å². The Balaban J connectivity index is 3.74. The number of allylic oxidation sites excluding steroid dienone is 2. The molecule has 0 radical (unpaired) electrons. The molecule has 1 nitrogen and oxygen atoms in total. The van der Waals surface area contributed by atoms with E-state index >= 15 is 0 Å². The highest BCUT2D eigenvalue weighted by molar-refractivity contribution is 8.02. The topological polar surface area (TPSA) is 3.24 Å². The van der Waals surface area contributed by atoms with Crippen molar-refractivity contribution in [3.63, 3.8) is 0 Å². The summed E-state index contributed by atoms with van der Waals surface area (Å²) < 4.78 is 0. The van der Waals surface area contributed by atoms with Crippen LogP contribution < -0.4 is 0 Å². The molecular weight excluding hydrogens is 190 g/mol. The van der Waals surface area contributed by atoms with Gasteiger partial charge >= 0.3 is 0 Å². The molecule has 0 bridgehead atoms. The van der Waals surface area contributed by atoms with Crippen molar-refractivity contribution < 1.29 is 0 Å². The molecule has 0 aliphatic rings. The zero-order valence-electron chi connectivity index (χ0n) is 9.49. The molecule has 0 saturated carbocycles. The van der Waals surface area contributed by atoms with Gasteiger partial charge in [-0.1, -0.05) is 24.3 Å². The summed E-state index contributed by atoms with van der Waals surface area (Å²) in [5.41, 5.74) is 0. The van der Waals surface area contributed by atoms with Crippen molar-refractivity contribution in [2.24, 2.45) is 0 Å². The van der Waals surface area contributed by atoms with E-state index in [0.29, 0.717) is 0 Å². The van der Waals surface area contributed by atoms with Crippen LogP contribution in [0.2, 0.25) is 0 Å². The Bertz CT molecular complexity index is 206. The van der Waals surface area contributed by atoms with Crippen LogP contribution in [0.25, 0.3) is 0 Å². The Morgan fingerprint density at radius 2 is 2.21 bits per heavy atom. The van der Waals surface area contributed by atoms with Crippen LogP contribution in [0.15, 0.2) is 35.8 Å². The van der Waals surface area contributed by atoms with Crippen molar-refractivity contribution in [1.82, 2.24) is 4.90 Å². The Labute approximate surface area is 92.6 Å². The van der Waals surface area contributed by atoms with Gasteiger partial charge in [0.2, 0.25) is 0 Å². The van der Waals surface area contributed by atoms with E-state index in [1.807, 2.05) is 6.08 Å². The average molecular weight is 211 g/mol. The van der Waals surface area contributed by atoms with E-state index in [-0.39, 0.29) is 0 Å². The van der Waals surface area contributed by atoms with E-state index in [1.165, 1.54) is 4.91 Å². The van der Waals surface area contributed by atoms with Crippen molar-refractivity contribution in [3.8, 4) is 0 Å². The fraction of sp³-hybridized carbons (Fsp3) is 0.500. The largest absolute Gasteiger partial charge is 0.302 e. The van der Waals surface area contributed by atoms with Gasteiger partial charge in [-0.3, -0.25) is 0 Å². The molecule has 0 rings (SSSR count). The first-order valence-corrected chi connectivity index (χ1v) is 6.13. The van der Waals surface area contributed by atoms with Gasteiger partial charge in [-0.2, -0.15) is 0 Å². The van der Waals surface area contributed by atoms with Gasteiger partial charge in [-0.15, -0.1) is 18.3 Å². The highest BCUT2D eigenvalue weighted by Crippen LogP contribution is 2.11. The lowest BCUT2D eigenvalue weighted by Crippen LogP contribution is -2.18. The lowest BCUT2D eigenvalue weighted by Gasteiger charge is -2.12. The van der Waals surface area contributed by atoms with Crippen LogP contribution in [-0.2, 0) is 0 Å². The zero-order chi connectivity index (χ0) is 10.8. The van der Waals surface area contributed by atoms with E-state index in [2.05, 4.69) is 49.9 Å². The maximum atomic E-state index is 3.71. The second kappa shape index (κ2) is 9.10. The molecule has 0 aliphatic heterocycles. The molecule has 80 valence electrons. The summed E-state index contributed by atoms with van der Waals surface area (Å²) >= 11 is 1.78. The molecule has 0 fully saturated rings. The first kappa shape index (κ1) is 13.5. The maximum absolute atomic E-state index is 3.71. The van der Waals surface area contributed by atoms with Crippen LogP contribution in [0.1, 0.15) is 13.3 Å². The summed E-state index contributed by atoms with van der Waals surface area (Å²) in [6.45, 7) is 7.86. The number of hydrogen-bond donors (Lipinski definition) is 0. The minimum atomic E-state index is 1.01. The maximum Gasteiger partial charge on any atom is 0.0163 e. The van der Waals surface area contributed by atoms with Crippen LogP contribution in [-0.4, -0.2) is 31.3 Å². The molecule has 0 amide bonds. The molecule has 0 N–H and O–H groups in total. The van der Waals surface area contributed by atoms with Crippen molar-refractivity contribution in [3.05, 3.63) is 35.8 Å². The second-order valence-electron chi connectivity index (χ2n) is 3.14. The highest BCUT2D eigenvalue weighted by Gasteiger charge is 1.92. The molecule has 0 spiro atoms. The van der Waals surface area contributed by atoms with Crippen molar-refractivity contribution in [1.29, 1.82) is 0 Å². The molecule has 0 aliphatic carbocycles. The predicted octanol–water partition coefficient (Wildman–Crippen LogP) is 3.32. The molecule has 14 heavy (non-hydrogen) atoms. The normalized spacial score (nSPS) is 12.7. The van der Waals surface area contributed by atoms with Gasteiger partial charge in [0.15, 0.2) is 0 Å². The van der Waals surface area contributed by atoms with Gasteiger partial charge in [0.1, 0.15) is 0 Å². The number of thioether (sulfide) groups is 1. The van der Waals surface area contributed by atoms with E-state index in [0.717, 1.165) is 19.5 Å². The minimum Gasteiger partial charge on any atom is -0.302 e. The van der Waals surface area contributed by atoms with E-state index in [1.54, 1.807) is 11.8 Å². The Morgan fingerprint density at radius 3 is 2.71 bits per heavy atom. The van der Waals surface area contributed by atoms with Crippen LogP contribution in [0.3, 0.4) is 0 Å². The first-order chi connectivity index (χ1) is 6.74. The van der Waals surface area contributed by atoms with Gasteiger partial charge in [-0.05, 0) is 26.6 Å². The Kier molecular flexibility index (Phi) is 8.79. The van der Waals surface area contributed by atoms with Crippen LogP contribution in [0, 0.1) is 0 Å². The molecule has 0 aromatic carbocycles. The lowest BCUT2D eigenvalue weighted by atomic mass is 10.3. The quantitative estimate of drug-likeness (QED) is 0.469. The third-order valence-electron chi connectivity index (χ3n) is 1.93. The monoisotopic (exact) mass is 211 g/mol. The SMILES string of the molecule is C=CCCN(C)C/C=C/C(=C/C)SC. The molecule has 0 aromatic rings. The summed E-state index contributed by atoms with van der Waals surface area (Å²) in [5.74, 6) is 0. The highest BCUT2D eigenvalue weighted by atomic mass is 32.2. The van der Waals surface area contributed by atoms with Crippen LogP contribution >= 0.6 is 11.8 Å². The van der Waals surface area contributed by atoms with Gasteiger partial charge in [0.05, 0.1) is 0 Å². The molecule has 0 atom stereocenters. The smallest absolute Gasteiger partial charge is 0.0163 e. The standard InChI is InChI=1S/C12H21NS/c1-5-7-10-13(3)11-8-9-12(6-2)14-4/h5-6,8-9H,1,7,10-11H2,2-4H3/b9-8+,12-6-. The Morgan fingerprint density at radius 1 is 1.50 bits per heavy atom. The average Bonchev–Trinajstić information content (AvgIpc) is 2.21. The number of nitrogens with zero attached hydrogens (tertiary/aromatic N) is 1. The molecule has 0 heterocycles. The molecule has 0 saturated heterocycles. The number of hydrogen-bond acceptors (Lipinski definition) is 2. The second-order valence-corrected chi connectivity index (χ2v) is 4.02. The van der Waals surface area contributed by atoms with E-state index in [4.69, 9.17) is 0 Å². The Hall–Kier alpha value is -0.470. The lowest BCUT2D eigenvalue weighted by molar-refractivity contribution is 0.378. The van der Waals surface area contributed by atoms with Gasteiger partial charge in [0.25, 0.3) is 0 Å². The number of rotatable bonds is 7. The predicted molar refractivity (Wildman–Crippen MR) is 68.7 cm³/mol. The molecule has 2 heteroatoms. The molecule has 0 unspecified atom stereocenters. The fourth-order valence-electron chi connectivity index (χ4n) is 1.03.